The zero-order valence-corrected chi connectivity index (χ0v) is 21.4. The van der Waals surface area contributed by atoms with Crippen LogP contribution in [-0.4, -0.2) is 33.0 Å². The molecule has 8 heteroatoms. The van der Waals surface area contributed by atoms with Crippen LogP contribution in [-0.2, 0) is 16.0 Å². The zero-order valence-electron chi connectivity index (χ0n) is 20.6. The number of halogens is 1. The molecule has 0 radical (unpaired) electrons. The topological polar surface area (TPSA) is 79.1 Å². The zero-order chi connectivity index (χ0) is 25.4. The third-order valence-corrected chi connectivity index (χ3v) is 6.30. The molecule has 1 aliphatic heterocycles. The van der Waals surface area contributed by atoms with Crippen LogP contribution in [0.3, 0.4) is 0 Å². The maximum atomic E-state index is 13.8. The predicted molar refractivity (Wildman–Crippen MR) is 136 cm³/mol. The number of nitrogens with one attached hydrogen (secondary N) is 1. The van der Waals surface area contributed by atoms with E-state index < -0.39 is 17.4 Å². The van der Waals surface area contributed by atoms with Crippen LogP contribution in [0.15, 0.2) is 53.6 Å². The first-order chi connectivity index (χ1) is 16.6. The number of nitrogens with zero attached hydrogens (tertiary/aromatic N) is 3. The van der Waals surface area contributed by atoms with E-state index in [4.69, 9.17) is 11.6 Å². The number of hydrogen-bond donors (Lipinski definition) is 1. The Morgan fingerprint density at radius 2 is 1.69 bits per heavy atom. The van der Waals surface area contributed by atoms with Crippen molar-refractivity contribution in [3.8, 4) is 5.69 Å². The Morgan fingerprint density at radius 1 is 1.00 bits per heavy atom. The van der Waals surface area contributed by atoms with Gasteiger partial charge in [0, 0.05) is 29.4 Å². The molecule has 2 amide bonds. The molecule has 0 saturated heterocycles. The summed E-state index contributed by atoms with van der Waals surface area (Å²) in [5, 5.41) is 3.66. The number of H-pyrrole nitrogens is 1. The highest BCUT2D eigenvalue weighted by Gasteiger charge is 2.47. The fourth-order valence-corrected chi connectivity index (χ4v) is 4.50. The maximum absolute atomic E-state index is 13.8. The smallest absolute Gasteiger partial charge is 0.294 e. The van der Waals surface area contributed by atoms with Gasteiger partial charge in [0.25, 0.3) is 17.2 Å². The summed E-state index contributed by atoms with van der Waals surface area (Å²) in [5.41, 5.74) is 2.36. The molecule has 0 unspecified atom stereocenters. The second-order valence-electron chi connectivity index (χ2n) is 9.48. The molecule has 0 spiro atoms. The molecular formula is C27H30ClN4O3+. The molecule has 0 saturated carbocycles. The molecule has 35 heavy (non-hydrogen) atoms. The lowest BCUT2D eigenvalue weighted by atomic mass is 9.98. The molecule has 2 aromatic heterocycles. The minimum Gasteiger partial charge on any atom is -0.294 e. The molecule has 1 N–H and O–H groups in total. The van der Waals surface area contributed by atoms with Gasteiger partial charge in [-0.25, -0.2) is 4.68 Å². The second kappa shape index (κ2) is 9.66. The summed E-state index contributed by atoms with van der Waals surface area (Å²) in [4.78, 5) is 42.4. The number of rotatable bonds is 7. The van der Waals surface area contributed by atoms with E-state index in [1.807, 2.05) is 46.8 Å². The van der Waals surface area contributed by atoms with Crippen molar-refractivity contribution >= 4 is 34.7 Å². The van der Waals surface area contributed by atoms with E-state index in [2.05, 4.69) is 5.10 Å². The molecule has 3 aromatic rings. The predicted octanol–water partition coefficient (Wildman–Crippen LogP) is 4.19. The number of benzene rings is 1. The van der Waals surface area contributed by atoms with Gasteiger partial charge in [0.15, 0.2) is 12.4 Å². The van der Waals surface area contributed by atoms with Gasteiger partial charge in [-0.2, -0.15) is 4.57 Å². The Balaban J connectivity index is 2.01. The number of aryl methyl sites for hydroxylation is 1. The van der Waals surface area contributed by atoms with Gasteiger partial charge in [0.1, 0.15) is 5.57 Å². The van der Waals surface area contributed by atoms with Crippen LogP contribution in [0.1, 0.15) is 57.4 Å². The summed E-state index contributed by atoms with van der Waals surface area (Å²) < 4.78 is 3.03. The molecule has 0 bridgehead atoms. The lowest BCUT2D eigenvalue weighted by Crippen LogP contribution is -2.40. The van der Waals surface area contributed by atoms with Gasteiger partial charge in [0.05, 0.1) is 11.3 Å². The van der Waals surface area contributed by atoms with E-state index in [1.165, 1.54) is 9.58 Å². The SMILES string of the molecule is CCc1cc[n+](C2=C(c3c(C(C)C)[nH]n(-c4cccc(Cl)c4)c3=O)C(=O)N(CC(C)C)C2=O)cc1. The summed E-state index contributed by atoms with van der Waals surface area (Å²) in [6.45, 7) is 10.1. The highest BCUT2D eigenvalue weighted by molar-refractivity contribution is 6.44. The summed E-state index contributed by atoms with van der Waals surface area (Å²) >= 11 is 6.17. The molecule has 0 aliphatic carbocycles. The Hall–Kier alpha value is -3.45. The van der Waals surface area contributed by atoms with Crippen LogP contribution < -0.4 is 10.1 Å². The first-order valence-electron chi connectivity index (χ1n) is 11.9. The minimum absolute atomic E-state index is 0.0786. The first kappa shape index (κ1) is 24.7. The van der Waals surface area contributed by atoms with Gasteiger partial charge >= 0.3 is 5.91 Å². The van der Waals surface area contributed by atoms with Gasteiger partial charge in [-0.3, -0.25) is 24.4 Å². The molecule has 1 aromatic carbocycles. The quantitative estimate of drug-likeness (QED) is 0.396. The van der Waals surface area contributed by atoms with E-state index in [0.29, 0.717) is 16.4 Å². The highest BCUT2D eigenvalue weighted by Crippen LogP contribution is 2.33. The van der Waals surface area contributed by atoms with Crippen molar-refractivity contribution in [2.45, 2.75) is 47.0 Å². The van der Waals surface area contributed by atoms with E-state index in [-0.39, 0.29) is 35.2 Å². The molecule has 0 fully saturated rings. The molecule has 7 nitrogen and oxygen atoms in total. The second-order valence-corrected chi connectivity index (χ2v) is 9.92. The average Bonchev–Trinajstić information content (AvgIpc) is 3.28. The van der Waals surface area contributed by atoms with E-state index >= 15 is 0 Å². The normalized spacial score (nSPS) is 14.2. The maximum Gasteiger partial charge on any atom is 0.326 e. The highest BCUT2D eigenvalue weighted by atomic mass is 35.5. The van der Waals surface area contributed by atoms with Crippen LogP contribution in [0, 0.1) is 5.92 Å². The molecular weight excluding hydrogens is 464 g/mol. The number of hydrogen-bond acceptors (Lipinski definition) is 3. The van der Waals surface area contributed by atoms with Crippen molar-refractivity contribution in [3.05, 3.63) is 81.0 Å². The Kier molecular flexibility index (Phi) is 6.81. The van der Waals surface area contributed by atoms with Crippen LogP contribution in [0.2, 0.25) is 5.02 Å². The number of aromatic nitrogens is 3. The summed E-state index contributed by atoms with van der Waals surface area (Å²) in [6.07, 6.45) is 4.39. The van der Waals surface area contributed by atoms with Crippen LogP contribution >= 0.6 is 11.6 Å². The minimum atomic E-state index is -0.456. The van der Waals surface area contributed by atoms with Crippen LogP contribution in [0.25, 0.3) is 17.0 Å². The average molecular weight is 494 g/mol. The fraction of sp³-hybridized carbons (Fsp3) is 0.333. The summed E-state index contributed by atoms with van der Waals surface area (Å²) in [5.74, 6) is -0.893. The van der Waals surface area contributed by atoms with Gasteiger partial charge in [-0.15, -0.1) is 0 Å². The molecule has 0 atom stereocenters. The van der Waals surface area contributed by atoms with Crippen LogP contribution in [0.5, 0.6) is 0 Å². The number of amides is 2. The molecule has 4 rings (SSSR count). The number of pyridine rings is 1. The first-order valence-corrected chi connectivity index (χ1v) is 12.2. The monoisotopic (exact) mass is 493 g/mol. The Labute approximate surface area is 209 Å². The van der Waals surface area contributed by atoms with Gasteiger partial charge in [-0.1, -0.05) is 52.3 Å². The Bertz CT molecular complexity index is 1380. The summed E-state index contributed by atoms with van der Waals surface area (Å²) in [6, 6.07) is 10.7. The number of aromatic amines is 1. The van der Waals surface area contributed by atoms with Gasteiger partial charge in [-0.05, 0) is 42.0 Å². The van der Waals surface area contributed by atoms with Gasteiger partial charge in [0.2, 0.25) is 0 Å². The van der Waals surface area contributed by atoms with Gasteiger partial charge < -0.3 is 0 Å². The third-order valence-electron chi connectivity index (χ3n) is 6.07. The molecule has 182 valence electrons. The largest absolute Gasteiger partial charge is 0.326 e. The standard InChI is InChI=1S/C27H29ClN4O3/c1-6-18-10-12-30(13-11-18)24-22(25(33)31(27(24)35)15-16(2)3)21-23(17(4)5)29-32(26(21)34)20-9-7-8-19(28)14-20/h7-14,16-17H,6,15H2,1-5H3/p+1. The lowest BCUT2D eigenvalue weighted by molar-refractivity contribution is -0.577. The van der Waals surface area contributed by atoms with Crippen LogP contribution in [0.4, 0.5) is 0 Å². The van der Waals surface area contributed by atoms with Crippen molar-refractivity contribution in [2.24, 2.45) is 5.92 Å². The lowest BCUT2D eigenvalue weighted by Gasteiger charge is -2.16. The Morgan fingerprint density at radius 3 is 2.26 bits per heavy atom. The van der Waals surface area contributed by atoms with Crippen molar-refractivity contribution in [1.29, 1.82) is 0 Å². The van der Waals surface area contributed by atoms with Crippen molar-refractivity contribution in [1.82, 2.24) is 14.7 Å². The number of carbonyl (C=O) groups excluding carboxylic acids is 2. The van der Waals surface area contributed by atoms with Crippen molar-refractivity contribution in [2.75, 3.05) is 6.54 Å². The summed E-state index contributed by atoms with van der Waals surface area (Å²) in [7, 11) is 0. The fourth-order valence-electron chi connectivity index (χ4n) is 4.31. The number of imide groups is 1. The van der Waals surface area contributed by atoms with E-state index in [0.717, 1.165) is 12.0 Å². The van der Waals surface area contributed by atoms with E-state index in [9.17, 15) is 14.4 Å². The number of carbonyl (C=O) groups is 2. The van der Waals surface area contributed by atoms with E-state index in [1.54, 1.807) is 41.2 Å². The van der Waals surface area contributed by atoms with Crippen molar-refractivity contribution < 1.29 is 14.2 Å². The van der Waals surface area contributed by atoms with Crippen molar-refractivity contribution in [3.63, 3.8) is 0 Å². The molecule has 1 aliphatic rings. The molecule has 3 heterocycles. The third kappa shape index (κ3) is 4.48.